The van der Waals surface area contributed by atoms with Crippen LogP contribution in [0.25, 0.3) is 0 Å². The quantitative estimate of drug-likeness (QED) is 0.173. The van der Waals surface area contributed by atoms with Gasteiger partial charge in [-0.25, -0.2) is 8.78 Å². The first-order valence-electron chi connectivity index (χ1n) is 12.6. The van der Waals surface area contributed by atoms with Crippen LogP contribution in [0.1, 0.15) is 94.3 Å². The molecule has 0 spiro atoms. The van der Waals surface area contributed by atoms with Crippen molar-refractivity contribution in [3.05, 3.63) is 29.1 Å². The first kappa shape index (κ1) is 28.0. The van der Waals surface area contributed by atoms with Gasteiger partial charge in [0.1, 0.15) is 0 Å². The van der Waals surface area contributed by atoms with E-state index in [0.29, 0.717) is 25.5 Å². The summed E-state index contributed by atoms with van der Waals surface area (Å²) in [5.41, 5.74) is -0.585. The van der Waals surface area contributed by atoms with Crippen molar-refractivity contribution < 1.29 is 32.2 Å². The highest BCUT2D eigenvalue weighted by molar-refractivity contribution is 5.95. The van der Waals surface area contributed by atoms with Crippen LogP contribution in [0.3, 0.4) is 0 Å². The average molecular weight is 486 g/mol. The predicted molar refractivity (Wildman–Crippen MR) is 124 cm³/mol. The fraction of sp³-hybridized carbons (Fsp3) is 0.692. The molecule has 0 radical (unpaired) electrons. The summed E-state index contributed by atoms with van der Waals surface area (Å²) < 4.78 is 51.7. The van der Waals surface area contributed by atoms with Gasteiger partial charge in [0, 0.05) is 13.1 Å². The highest BCUT2D eigenvalue weighted by atomic mass is 19.2. The number of rotatable bonds is 14. The summed E-state index contributed by atoms with van der Waals surface area (Å²) in [7, 11) is 1.00. The van der Waals surface area contributed by atoms with Crippen molar-refractivity contribution in [2.45, 2.75) is 84.0 Å². The van der Waals surface area contributed by atoms with E-state index in [0.717, 1.165) is 26.4 Å². The number of hydrogen-bond acceptors (Lipinski definition) is 4. The van der Waals surface area contributed by atoms with Gasteiger partial charge < -0.3 is 14.4 Å². The molecule has 2 rings (SSSR count). The number of benzene rings is 1. The molecule has 0 saturated carbocycles. The molecule has 1 aliphatic rings. The number of nitrogens with zero attached hydrogens (tertiary/aromatic N) is 1. The third kappa shape index (κ3) is 8.20. The maximum atomic E-state index is 14.4. The molecule has 192 valence electrons. The van der Waals surface area contributed by atoms with Gasteiger partial charge in [-0.3, -0.25) is 9.59 Å². The molecule has 5 nitrogen and oxygen atoms in total. The molecule has 1 heterocycles. The molecular weight excluding hydrogens is 447 g/mol. The van der Waals surface area contributed by atoms with Crippen molar-refractivity contribution in [2.24, 2.45) is 5.92 Å². The minimum absolute atomic E-state index is 0.206. The highest BCUT2D eigenvalue weighted by Crippen LogP contribution is 2.29. The fourth-order valence-corrected chi connectivity index (χ4v) is 4.28. The number of methoxy groups -OCH3 is 1. The van der Waals surface area contributed by atoms with Crippen molar-refractivity contribution in [3.8, 4) is 5.75 Å². The largest absolute Gasteiger partial charge is 0.491 e. The Labute approximate surface area is 201 Å². The molecule has 1 amide bonds. The monoisotopic (exact) mass is 485 g/mol. The van der Waals surface area contributed by atoms with Crippen LogP contribution < -0.4 is 4.74 Å². The van der Waals surface area contributed by atoms with Crippen LogP contribution in [0.2, 0.25) is 0 Å². The molecule has 0 N–H and O–H groups in total. The molecular formula is C26H38F3NO4. The molecule has 1 aliphatic heterocycles. The number of carbonyl (C=O) groups excluding carboxylic acids is 2. The second kappa shape index (κ2) is 14.9. The summed E-state index contributed by atoms with van der Waals surface area (Å²) >= 11 is 0. The number of unbranched alkanes of at least 4 members (excludes halogenated alkanes) is 9. The molecule has 0 atom stereocenters. The smallest absolute Gasteiger partial charge is 0.309 e. The number of ether oxygens (including phenoxy) is 2. The maximum absolute atomic E-state index is 14.4. The first-order valence-corrected chi connectivity index (χ1v) is 12.6. The molecule has 8 heteroatoms. The third-order valence-corrected chi connectivity index (χ3v) is 6.41. The Morgan fingerprint density at radius 2 is 1.47 bits per heavy atom. The molecule has 0 aliphatic carbocycles. The maximum Gasteiger partial charge on any atom is 0.309 e. The minimum atomic E-state index is -1.47. The summed E-state index contributed by atoms with van der Waals surface area (Å²) in [5.74, 6) is -6.34. The highest BCUT2D eigenvalue weighted by Gasteiger charge is 2.31. The van der Waals surface area contributed by atoms with Crippen molar-refractivity contribution >= 4 is 11.9 Å². The summed E-state index contributed by atoms with van der Waals surface area (Å²) in [5, 5.41) is 0. The van der Waals surface area contributed by atoms with Gasteiger partial charge in [0.15, 0.2) is 17.4 Å². The van der Waals surface area contributed by atoms with Crippen LogP contribution in [0, 0.1) is 23.4 Å². The number of esters is 1. The zero-order valence-corrected chi connectivity index (χ0v) is 20.5. The van der Waals surface area contributed by atoms with Crippen LogP contribution in [0.15, 0.2) is 6.07 Å². The fourth-order valence-electron chi connectivity index (χ4n) is 4.28. The number of amides is 1. The van der Waals surface area contributed by atoms with Crippen LogP contribution in [0.4, 0.5) is 13.2 Å². The standard InChI is InChI=1S/C26H38F3NO4/c1-3-4-5-6-7-8-9-10-11-12-17-34-26(32)19-13-15-30(16-14-19)25(31)20-18-21(27)23(29)24(33-2)22(20)28/h18-19H,3-17H2,1-2H3. The Morgan fingerprint density at radius 3 is 2.03 bits per heavy atom. The topological polar surface area (TPSA) is 55.8 Å². The van der Waals surface area contributed by atoms with E-state index < -0.39 is 34.7 Å². The number of carbonyl (C=O) groups is 2. The summed E-state index contributed by atoms with van der Waals surface area (Å²) in [6, 6.07) is 0.544. The Bertz CT molecular complexity index is 795. The number of halogens is 3. The van der Waals surface area contributed by atoms with E-state index >= 15 is 0 Å². The molecule has 1 fully saturated rings. The SMILES string of the molecule is CCCCCCCCCCCCOC(=O)C1CCN(C(=O)c2cc(F)c(F)c(OC)c2F)CC1. The molecule has 1 aromatic carbocycles. The van der Waals surface area contributed by atoms with Gasteiger partial charge >= 0.3 is 5.97 Å². The van der Waals surface area contributed by atoms with Crippen LogP contribution >= 0.6 is 0 Å². The van der Waals surface area contributed by atoms with Gasteiger partial charge in [0.25, 0.3) is 5.91 Å². The van der Waals surface area contributed by atoms with E-state index in [1.165, 1.54) is 49.8 Å². The third-order valence-electron chi connectivity index (χ3n) is 6.41. The van der Waals surface area contributed by atoms with E-state index in [2.05, 4.69) is 11.7 Å². The summed E-state index contributed by atoms with van der Waals surface area (Å²) in [6.07, 6.45) is 12.8. The van der Waals surface area contributed by atoms with E-state index in [4.69, 9.17) is 4.74 Å². The first-order chi connectivity index (χ1) is 16.4. The summed E-state index contributed by atoms with van der Waals surface area (Å²) in [4.78, 5) is 26.3. The van der Waals surface area contributed by atoms with E-state index in [1.807, 2.05) is 0 Å². The van der Waals surface area contributed by atoms with E-state index in [-0.39, 0.29) is 25.0 Å². The lowest BCUT2D eigenvalue weighted by Crippen LogP contribution is -2.41. The molecule has 34 heavy (non-hydrogen) atoms. The minimum Gasteiger partial charge on any atom is -0.491 e. The van der Waals surface area contributed by atoms with Gasteiger partial charge in [0.2, 0.25) is 5.82 Å². The summed E-state index contributed by atoms with van der Waals surface area (Å²) in [6.45, 7) is 3.03. The van der Waals surface area contributed by atoms with Gasteiger partial charge in [-0.2, -0.15) is 4.39 Å². The lowest BCUT2D eigenvalue weighted by Gasteiger charge is -2.31. The van der Waals surface area contributed by atoms with Crippen molar-refractivity contribution in [3.63, 3.8) is 0 Å². The zero-order chi connectivity index (χ0) is 24.9. The molecule has 0 bridgehead atoms. The van der Waals surface area contributed by atoms with Crippen LogP contribution in [-0.2, 0) is 9.53 Å². The van der Waals surface area contributed by atoms with Crippen LogP contribution in [-0.4, -0.2) is 43.6 Å². The Hall–Kier alpha value is -2.25. The van der Waals surface area contributed by atoms with Crippen molar-refractivity contribution in [1.82, 2.24) is 4.90 Å². The number of likely N-dealkylation sites (tertiary alicyclic amines) is 1. The van der Waals surface area contributed by atoms with E-state index in [9.17, 15) is 22.8 Å². The lowest BCUT2D eigenvalue weighted by atomic mass is 9.96. The molecule has 1 aromatic rings. The van der Waals surface area contributed by atoms with Crippen molar-refractivity contribution in [2.75, 3.05) is 26.8 Å². The average Bonchev–Trinajstić information content (AvgIpc) is 2.84. The van der Waals surface area contributed by atoms with Gasteiger partial charge in [-0.1, -0.05) is 64.7 Å². The second-order valence-corrected chi connectivity index (χ2v) is 8.98. The van der Waals surface area contributed by atoms with Crippen molar-refractivity contribution in [1.29, 1.82) is 0 Å². The molecule has 0 unspecified atom stereocenters. The van der Waals surface area contributed by atoms with Crippen LogP contribution in [0.5, 0.6) is 5.75 Å². The lowest BCUT2D eigenvalue weighted by molar-refractivity contribution is -0.150. The predicted octanol–water partition coefficient (Wildman–Crippen LogP) is 6.43. The Kier molecular flexibility index (Phi) is 12.3. The zero-order valence-electron chi connectivity index (χ0n) is 20.5. The van der Waals surface area contributed by atoms with E-state index in [1.54, 1.807) is 0 Å². The number of hydrogen-bond donors (Lipinski definition) is 0. The molecule has 1 saturated heterocycles. The van der Waals surface area contributed by atoms with Gasteiger partial charge in [-0.05, 0) is 25.3 Å². The Morgan fingerprint density at radius 1 is 0.912 bits per heavy atom. The van der Waals surface area contributed by atoms with Gasteiger partial charge in [0.05, 0.1) is 25.2 Å². The Balaban J connectivity index is 1.66. The number of piperidine rings is 1. The normalized spacial score (nSPS) is 14.3. The molecule has 0 aromatic heterocycles. The second-order valence-electron chi connectivity index (χ2n) is 8.98. The van der Waals surface area contributed by atoms with Gasteiger partial charge in [-0.15, -0.1) is 0 Å².